The van der Waals surface area contributed by atoms with Crippen molar-refractivity contribution in [3.05, 3.63) is 91.3 Å². The molecule has 9 heteroatoms. The van der Waals surface area contributed by atoms with E-state index in [2.05, 4.69) is 56.4 Å². The number of hydrazone groups is 1. The first-order chi connectivity index (χ1) is 20.5. The third kappa shape index (κ3) is 10.6. The second-order valence-corrected chi connectivity index (χ2v) is 9.59. The predicted octanol–water partition coefficient (Wildman–Crippen LogP) is 5.92. The van der Waals surface area contributed by atoms with Crippen LogP contribution in [0.5, 0.6) is 11.5 Å². The Kier molecular flexibility index (Phi) is 13.5. The number of anilines is 4. The lowest BCUT2D eigenvalue weighted by atomic mass is 10.2. The Balaban J connectivity index is 1.29. The quantitative estimate of drug-likeness (QED) is 0.0334. The van der Waals surface area contributed by atoms with Crippen LogP contribution in [0.1, 0.15) is 25.7 Å². The van der Waals surface area contributed by atoms with Crippen molar-refractivity contribution in [1.82, 2.24) is 0 Å². The smallest absolute Gasteiger partial charge is 0.170 e. The van der Waals surface area contributed by atoms with E-state index in [1.54, 1.807) is 32.6 Å². The zero-order chi connectivity index (χ0) is 30.0. The molecule has 2 aromatic carbocycles. The van der Waals surface area contributed by atoms with Gasteiger partial charge in [-0.2, -0.15) is 5.10 Å². The van der Waals surface area contributed by atoms with Gasteiger partial charge >= 0.3 is 0 Å². The molecule has 9 nitrogen and oxygen atoms in total. The molecule has 0 fully saturated rings. The number of aromatic nitrogens is 1. The van der Waals surface area contributed by atoms with E-state index in [-0.39, 0.29) is 0 Å². The molecule has 3 aromatic rings. The molecule has 0 bridgehead atoms. The fourth-order valence-electron chi connectivity index (χ4n) is 4.09. The van der Waals surface area contributed by atoms with E-state index in [0.717, 1.165) is 55.0 Å². The van der Waals surface area contributed by atoms with Crippen LogP contribution in [0, 0.1) is 0 Å². The number of pyridine rings is 1. The lowest BCUT2D eigenvalue weighted by Crippen LogP contribution is -2.32. The van der Waals surface area contributed by atoms with Gasteiger partial charge in [0.25, 0.3) is 0 Å². The number of para-hydroxylation sites is 1. The van der Waals surface area contributed by atoms with Gasteiger partial charge in [-0.3, -0.25) is 10.0 Å². The summed E-state index contributed by atoms with van der Waals surface area (Å²) in [6, 6.07) is 17.8. The van der Waals surface area contributed by atoms with Crippen molar-refractivity contribution < 1.29 is 14.0 Å². The summed E-state index contributed by atoms with van der Waals surface area (Å²) in [5, 5.41) is 12.9. The summed E-state index contributed by atoms with van der Waals surface area (Å²) in [5.74, 6) is 1.26. The highest BCUT2D eigenvalue weighted by Crippen LogP contribution is 2.34. The number of benzene rings is 2. The zero-order valence-corrected chi connectivity index (χ0v) is 25.0. The van der Waals surface area contributed by atoms with Crippen LogP contribution in [-0.4, -0.2) is 46.9 Å². The summed E-state index contributed by atoms with van der Waals surface area (Å²) < 4.78 is 12.9. The van der Waals surface area contributed by atoms with Crippen LogP contribution in [-0.2, 0) is 6.54 Å². The molecule has 1 aromatic heterocycles. The van der Waals surface area contributed by atoms with Gasteiger partial charge in [0.1, 0.15) is 18.0 Å². The number of rotatable bonds is 18. The lowest BCUT2D eigenvalue weighted by molar-refractivity contribution is -0.697. The van der Waals surface area contributed by atoms with Gasteiger partial charge in [-0.1, -0.05) is 37.3 Å². The number of aryl methyl sites for hydroxylation is 1. The van der Waals surface area contributed by atoms with Crippen molar-refractivity contribution in [2.75, 3.05) is 55.9 Å². The van der Waals surface area contributed by atoms with Gasteiger partial charge in [0.2, 0.25) is 0 Å². The van der Waals surface area contributed by atoms with Crippen molar-refractivity contribution >= 4 is 35.2 Å². The highest BCUT2D eigenvalue weighted by molar-refractivity contribution is 5.89. The summed E-state index contributed by atoms with van der Waals surface area (Å²) in [7, 11) is 5.13. The number of ether oxygens (including phenoxy) is 2. The highest BCUT2D eigenvalue weighted by Gasteiger charge is 2.09. The first-order valence-corrected chi connectivity index (χ1v) is 14.2. The number of nitrogen functional groups attached to an aromatic ring is 1. The largest absolute Gasteiger partial charge is 0.497 e. The van der Waals surface area contributed by atoms with Crippen LogP contribution in [0.3, 0.4) is 0 Å². The number of nitrogens with two attached hydrogens (primary N) is 1. The standard InChI is InChI=1S/C33H43N7O2/c1-5-27(25-38-39(2)29-13-9-8-10-14-29)15-19-35-18-11-6-7-12-20-40-21-16-28(17-22-40)36-26-37-31-23-30(41-3)24-32(42-4)33(31)34/h5,8-10,13-17,19,21-25H,1,6-7,11-12,18,20,26H2,2-4H3,(H3,34,35,37,38)/p+1. The maximum Gasteiger partial charge on any atom is 0.170 e. The van der Waals surface area contributed by atoms with Crippen LogP contribution < -0.4 is 35.4 Å². The topological polar surface area (TPSA) is 100 Å². The van der Waals surface area contributed by atoms with Gasteiger partial charge in [-0.05, 0) is 36.6 Å². The van der Waals surface area contributed by atoms with E-state index in [0.29, 0.717) is 23.9 Å². The van der Waals surface area contributed by atoms with Crippen LogP contribution in [0.2, 0.25) is 0 Å². The highest BCUT2D eigenvalue weighted by atomic mass is 16.5. The van der Waals surface area contributed by atoms with E-state index >= 15 is 0 Å². The maximum absolute atomic E-state index is 6.17. The summed E-state index contributed by atoms with van der Waals surface area (Å²) in [6.45, 7) is 6.19. The normalized spacial score (nSPS) is 11.5. The van der Waals surface area contributed by atoms with E-state index in [9.17, 15) is 0 Å². The maximum atomic E-state index is 6.17. The third-order valence-electron chi connectivity index (χ3n) is 6.61. The molecule has 1 heterocycles. The number of hydrogen-bond donors (Lipinski definition) is 3. The number of hydrogen-bond acceptors (Lipinski definition) is 8. The van der Waals surface area contributed by atoms with Crippen molar-refractivity contribution in [3.63, 3.8) is 0 Å². The SMILES string of the molecule is C=CC(C=NN(C)c1ccccc1)=CC=NCCCCCC[n+]1ccc(NCNc2cc(OC)cc(OC)c2N)cc1. The molecule has 0 saturated heterocycles. The summed E-state index contributed by atoms with van der Waals surface area (Å²) in [5.41, 5.74) is 10.4. The molecule has 3 rings (SSSR count). The van der Waals surface area contributed by atoms with Gasteiger partial charge in [0.05, 0.1) is 44.2 Å². The Morgan fingerprint density at radius 1 is 1.00 bits per heavy atom. The van der Waals surface area contributed by atoms with Gasteiger partial charge in [-0.15, -0.1) is 0 Å². The van der Waals surface area contributed by atoms with Gasteiger partial charge in [-0.25, -0.2) is 4.57 Å². The molecule has 0 spiro atoms. The Morgan fingerprint density at radius 3 is 2.48 bits per heavy atom. The number of nitrogens with one attached hydrogen (secondary N) is 2. The van der Waals surface area contributed by atoms with Crippen molar-refractivity contribution in [3.8, 4) is 11.5 Å². The van der Waals surface area contributed by atoms with Crippen LogP contribution >= 0.6 is 0 Å². The average molecular weight is 571 g/mol. The molecule has 0 amide bonds. The molecular weight excluding hydrogens is 526 g/mol. The minimum atomic E-state index is 0.511. The van der Waals surface area contributed by atoms with Gasteiger partial charge in [0.15, 0.2) is 12.4 Å². The molecule has 222 valence electrons. The molecule has 0 saturated carbocycles. The van der Waals surface area contributed by atoms with Gasteiger partial charge < -0.3 is 25.8 Å². The minimum Gasteiger partial charge on any atom is -0.497 e. The molecule has 0 atom stereocenters. The third-order valence-corrected chi connectivity index (χ3v) is 6.61. The Hall–Kier alpha value is -4.79. The Bertz CT molecular complexity index is 1320. The second kappa shape index (κ2) is 17.8. The van der Waals surface area contributed by atoms with E-state index in [4.69, 9.17) is 15.2 Å². The Labute approximate surface area is 250 Å². The number of unbranched alkanes of at least 4 members (excludes halogenated alkanes) is 3. The van der Waals surface area contributed by atoms with Crippen LogP contribution in [0.4, 0.5) is 22.7 Å². The monoisotopic (exact) mass is 570 g/mol. The van der Waals surface area contributed by atoms with Crippen LogP contribution in [0.15, 0.2) is 101 Å². The van der Waals surface area contributed by atoms with Gasteiger partial charge in [0, 0.05) is 56.2 Å². The molecule has 4 N–H and O–H groups in total. The molecule has 0 radical (unpaired) electrons. The molecule has 0 unspecified atom stereocenters. The summed E-state index contributed by atoms with van der Waals surface area (Å²) in [6.07, 6.45) is 16.1. The van der Waals surface area contributed by atoms with E-state index in [1.807, 2.05) is 60.7 Å². The predicted molar refractivity (Wildman–Crippen MR) is 176 cm³/mol. The minimum absolute atomic E-state index is 0.511. The number of aliphatic imine (C=N–C) groups is 1. The number of methoxy groups -OCH3 is 2. The summed E-state index contributed by atoms with van der Waals surface area (Å²) in [4.78, 5) is 4.51. The first-order valence-electron chi connectivity index (χ1n) is 14.2. The van der Waals surface area contributed by atoms with E-state index < -0.39 is 0 Å². The average Bonchev–Trinajstić information content (AvgIpc) is 3.03. The second-order valence-electron chi connectivity index (χ2n) is 9.59. The first kappa shape index (κ1) is 31.7. The molecule has 0 aliphatic carbocycles. The number of allylic oxidation sites excluding steroid dienone is 3. The lowest BCUT2D eigenvalue weighted by Gasteiger charge is -2.15. The van der Waals surface area contributed by atoms with Crippen molar-refractivity contribution in [1.29, 1.82) is 0 Å². The van der Waals surface area contributed by atoms with Crippen molar-refractivity contribution in [2.45, 2.75) is 32.2 Å². The summed E-state index contributed by atoms with van der Waals surface area (Å²) >= 11 is 0. The van der Waals surface area contributed by atoms with Crippen molar-refractivity contribution in [2.24, 2.45) is 10.1 Å². The number of nitrogens with zero attached hydrogens (tertiary/aromatic N) is 4. The molecule has 0 aliphatic rings. The molecule has 42 heavy (non-hydrogen) atoms. The fraction of sp³-hybridized carbons (Fsp3) is 0.303. The molecular formula is C33H44N7O2+. The van der Waals surface area contributed by atoms with Crippen LogP contribution in [0.25, 0.3) is 0 Å². The fourth-order valence-corrected chi connectivity index (χ4v) is 4.09. The van der Waals surface area contributed by atoms with E-state index in [1.165, 1.54) is 6.42 Å². The zero-order valence-electron chi connectivity index (χ0n) is 25.0. The molecule has 0 aliphatic heterocycles. The Morgan fingerprint density at radius 2 is 1.76 bits per heavy atom.